The van der Waals surface area contributed by atoms with Crippen molar-refractivity contribution in [2.45, 2.75) is 31.7 Å². The maximum absolute atomic E-state index is 12.4. The fraction of sp³-hybridized carbons (Fsp3) is 0.632. The first-order valence-electron chi connectivity index (χ1n) is 9.36. The van der Waals surface area contributed by atoms with E-state index in [4.69, 9.17) is 11.6 Å². The van der Waals surface area contributed by atoms with Crippen LogP contribution in [0, 0.1) is 11.8 Å². The van der Waals surface area contributed by atoms with E-state index in [0.29, 0.717) is 17.6 Å². The molecule has 4 rings (SSSR count). The summed E-state index contributed by atoms with van der Waals surface area (Å²) in [6.45, 7) is 3.69. The standard InChI is InChI=1S/C19H26ClN3O2/c20-15-2-1-3-16(19(15)25)23-10-8-22(9-11-23)12-17(24)21-18(13-4-5-13)14-6-7-14/h1-3,13-14,18,25H,4-12H2,(H,21,24). The molecule has 2 N–H and O–H groups in total. The molecule has 0 spiro atoms. The molecule has 0 atom stereocenters. The molecule has 3 fully saturated rings. The molecule has 0 aromatic heterocycles. The van der Waals surface area contributed by atoms with Gasteiger partial charge in [-0.05, 0) is 49.7 Å². The minimum atomic E-state index is 0.145. The number of carbonyl (C=O) groups excluding carboxylic acids is 1. The van der Waals surface area contributed by atoms with Gasteiger partial charge in [0.15, 0.2) is 5.75 Å². The SMILES string of the molecule is O=C(CN1CCN(c2cccc(Cl)c2O)CC1)NC(C1CC1)C1CC1. The zero-order valence-electron chi connectivity index (χ0n) is 14.5. The highest BCUT2D eigenvalue weighted by molar-refractivity contribution is 6.32. The van der Waals surface area contributed by atoms with Crippen LogP contribution in [0.4, 0.5) is 5.69 Å². The number of nitrogens with one attached hydrogen (secondary N) is 1. The van der Waals surface area contributed by atoms with Gasteiger partial charge in [0, 0.05) is 32.2 Å². The predicted octanol–water partition coefficient (Wildman–Crippen LogP) is 2.47. The lowest BCUT2D eigenvalue weighted by Crippen LogP contribution is -2.51. The van der Waals surface area contributed by atoms with Gasteiger partial charge in [0.2, 0.25) is 5.91 Å². The number of amides is 1. The number of piperazine rings is 1. The number of hydrogen-bond acceptors (Lipinski definition) is 4. The lowest BCUT2D eigenvalue weighted by atomic mass is 10.1. The van der Waals surface area contributed by atoms with Crippen LogP contribution in [0.3, 0.4) is 0 Å². The number of para-hydroxylation sites is 1. The van der Waals surface area contributed by atoms with Crippen LogP contribution in [0.1, 0.15) is 25.7 Å². The van der Waals surface area contributed by atoms with Crippen molar-refractivity contribution in [2.24, 2.45) is 11.8 Å². The molecule has 2 saturated carbocycles. The summed E-state index contributed by atoms with van der Waals surface area (Å²) in [6, 6.07) is 5.86. The molecular formula is C19H26ClN3O2. The molecule has 5 nitrogen and oxygen atoms in total. The number of phenolic OH excluding ortho intramolecular Hbond substituents is 1. The van der Waals surface area contributed by atoms with Crippen LogP contribution in [-0.4, -0.2) is 54.7 Å². The highest BCUT2D eigenvalue weighted by Gasteiger charge is 2.42. The zero-order chi connectivity index (χ0) is 17.4. The van der Waals surface area contributed by atoms with Crippen molar-refractivity contribution in [1.29, 1.82) is 0 Å². The molecule has 25 heavy (non-hydrogen) atoms. The minimum absolute atomic E-state index is 0.145. The molecule has 1 amide bonds. The van der Waals surface area contributed by atoms with Crippen LogP contribution in [0.2, 0.25) is 5.02 Å². The van der Waals surface area contributed by atoms with Gasteiger partial charge < -0.3 is 15.3 Å². The molecule has 1 heterocycles. The van der Waals surface area contributed by atoms with Crippen molar-refractivity contribution >= 4 is 23.2 Å². The molecule has 6 heteroatoms. The first-order chi connectivity index (χ1) is 12.1. The number of aromatic hydroxyl groups is 1. The van der Waals surface area contributed by atoms with E-state index in [1.54, 1.807) is 6.07 Å². The number of rotatable bonds is 6. The molecule has 0 radical (unpaired) electrons. The monoisotopic (exact) mass is 363 g/mol. The third-order valence-corrected chi connectivity index (χ3v) is 5.94. The Balaban J connectivity index is 1.27. The molecule has 2 aliphatic carbocycles. The van der Waals surface area contributed by atoms with E-state index < -0.39 is 0 Å². The highest BCUT2D eigenvalue weighted by Crippen LogP contribution is 2.44. The van der Waals surface area contributed by atoms with E-state index in [2.05, 4.69) is 15.1 Å². The Morgan fingerprint density at radius 1 is 1.16 bits per heavy atom. The Labute approximate surface area is 153 Å². The topological polar surface area (TPSA) is 55.8 Å². The summed E-state index contributed by atoms with van der Waals surface area (Å²) < 4.78 is 0. The van der Waals surface area contributed by atoms with Crippen molar-refractivity contribution in [1.82, 2.24) is 10.2 Å². The fourth-order valence-corrected chi connectivity index (χ4v) is 4.04. The van der Waals surface area contributed by atoms with Gasteiger partial charge in [0.1, 0.15) is 0 Å². The fourth-order valence-electron chi connectivity index (χ4n) is 3.87. The zero-order valence-corrected chi connectivity index (χ0v) is 15.2. The van der Waals surface area contributed by atoms with Crippen LogP contribution in [0.15, 0.2) is 18.2 Å². The molecule has 0 bridgehead atoms. The van der Waals surface area contributed by atoms with Crippen LogP contribution < -0.4 is 10.2 Å². The first kappa shape index (κ1) is 17.0. The number of nitrogens with zero attached hydrogens (tertiary/aromatic N) is 2. The van der Waals surface area contributed by atoms with Gasteiger partial charge in [-0.2, -0.15) is 0 Å². The van der Waals surface area contributed by atoms with Crippen LogP contribution in [-0.2, 0) is 4.79 Å². The molecule has 1 saturated heterocycles. The number of halogens is 1. The summed E-state index contributed by atoms with van der Waals surface area (Å²) in [6.07, 6.45) is 5.12. The summed E-state index contributed by atoms with van der Waals surface area (Å²) in [5, 5.41) is 13.8. The summed E-state index contributed by atoms with van der Waals surface area (Å²) in [4.78, 5) is 16.7. The summed E-state index contributed by atoms with van der Waals surface area (Å²) in [7, 11) is 0. The van der Waals surface area contributed by atoms with Crippen molar-refractivity contribution in [2.75, 3.05) is 37.6 Å². The Bertz CT molecular complexity index is 626. The maximum Gasteiger partial charge on any atom is 0.234 e. The second-order valence-electron chi connectivity index (χ2n) is 7.64. The average molecular weight is 364 g/mol. The average Bonchev–Trinajstić information content (AvgIpc) is 3.48. The van der Waals surface area contributed by atoms with E-state index in [9.17, 15) is 9.90 Å². The van der Waals surface area contributed by atoms with E-state index in [-0.39, 0.29) is 11.7 Å². The van der Waals surface area contributed by atoms with E-state index in [1.165, 1.54) is 25.7 Å². The summed E-state index contributed by atoms with van der Waals surface area (Å²) in [5.74, 6) is 1.79. The van der Waals surface area contributed by atoms with Gasteiger partial charge in [-0.25, -0.2) is 0 Å². The van der Waals surface area contributed by atoms with Gasteiger partial charge in [-0.1, -0.05) is 17.7 Å². The third kappa shape index (κ3) is 4.04. The Morgan fingerprint density at radius 3 is 2.40 bits per heavy atom. The number of hydrogen-bond donors (Lipinski definition) is 2. The van der Waals surface area contributed by atoms with Crippen molar-refractivity contribution < 1.29 is 9.90 Å². The van der Waals surface area contributed by atoms with Gasteiger partial charge >= 0.3 is 0 Å². The summed E-state index contributed by atoms with van der Waals surface area (Å²) >= 11 is 6.00. The van der Waals surface area contributed by atoms with Gasteiger partial charge in [-0.3, -0.25) is 9.69 Å². The van der Waals surface area contributed by atoms with Crippen LogP contribution >= 0.6 is 11.6 Å². The van der Waals surface area contributed by atoms with E-state index in [1.807, 2.05) is 12.1 Å². The lowest BCUT2D eigenvalue weighted by Gasteiger charge is -2.36. The number of carbonyl (C=O) groups is 1. The minimum Gasteiger partial charge on any atom is -0.504 e. The number of anilines is 1. The molecule has 1 aromatic rings. The van der Waals surface area contributed by atoms with Crippen molar-refractivity contribution in [3.63, 3.8) is 0 Å². The van der Waals surface area contributed by atoms with Crippen molar-refractivity contribution in [3.05, 3.63) is 23.2 Å². The molecular weight excluding hydrogens is 338 g/mol. The van der Waals surface area contributed by atoms with E-state index in [0.717, 1.165) is 43.7 Å². The third-order valence-electron chi connectivity index (χ3n) is 5.63. The molecule has 136 valence electrons. The Kier molecular flexibility index (Phi) is 4.78. The largest absolute Gasteiger partial charge is 0.504 e. The maximum atomic E-state index is 12.4. The normalized spacial score (nSPS) is 21.6. The Hall–Kier alpha value is -1.46. The van der Waals surface area contributed by atoms with Crippen LogP contribution in [0.5, 0.6) is 5.75 Å². The second-order valence-corrected chi connectivity index (χ2v) is 8.05. The molecule has 1 aromatic carbocycles. The predicted molar refractivity (Wildman–Crippen MR) is 99.1 cm³/mol. The smallest absolute Gasteiger partial charge is 0.234 e. The van der Waals surface area contributed by atoms with Gasteiger partial charge in [0.25, 0.3) is 0 Å². The Morgan fingerprint density at radius 2 is 1.80 bits per heavy atom. The molecule has 3 aliphatic rings. The van der Waals surface area contributed by atoms with Crippen LogP contribution in [0.25, 0.3) is 0 Å². The first-order valence-corrected chi connectivity index (χ1v) is 9.74. The van der Waals surface area contributed by atoms with E-state index >= 15 is 0 Å². The number of benzene rings is 1. The van der Waals surface area contributed by atoms with Gasteiger partial charge in [-0.15, -0.1) is 0 Å². The quantitative estimate of drug-likeness (QED) is 0.815. The lowest BCUT2D eigenvalue weighted by molar-refractivity contribution is -0.123. The molecule has 0 unspecified atom stereocenters. The number of phenols is 1. The second kappa shape index (κ2) is 7.04. The summed E-state index contributed by atoms with van der Waals surface area (Å²) in [5.41, 5.74) is 0.777. The van der Waals surface area contributed by atoms with Crippen molar-refractivity contribution in [3.8, 4) is 5.75 Å². The van der Waals surface area contributed by atoms with Gasteiger partial charge in [0.05, 0.1) is 17.3 Å². The molecule has 1 aliphatic heterocycles. The highest BCUT2D eigenvalue weighted by atomic mass is 35.5.